The maximum absolute atomic E-state index is 10.3. The maximum Gasteiger partial charge on any atom is 0.160 e. The molecule has 0 aliphatic heterocycles. The second-order valence-electron chi connectivity index (χ2n) is 3.82. The van der Waals surface area contributed by atoms with Gasteiger partial charge in [0.2, 0.25) is 0 Å². The zero-order valence-electron chi connectivity index (χ0n) is 7.91. The van der Waals surface area contributed by atoms with Crippen molar-refractivity contribution in [2.75, 3.05) is 0 Å². The van der Waals surface area contributed by atoms with E-state index in [0.29, 0.717) is 5.82 Å². The average Bonchev–Trinajstić information content (AvgIpc) is 2.19. The van der Waals surface area contributed by atoms with Crippen molar-refractivity contribution in [2.45, 2.75) is 37.7 Å². The van der Waals surface area contributed by atoms with Crippen LogP contribution < -0.4 is 0 Å². The quantitative estimate of drug-likeness (QED) is 0.840. The normalized spacial score (nSPS) is 20.7. The first kappa shape index (κ1) is 10.1. The fourth-order valence-corrected chi connectivity index (χ4v) is 2.12. The van der Waals surface area contributed by atoms with Crippen LogP contribution in [0.15, 0.2) is 16.9 Å². The molecule has 1 heterocycles. The molecule has 4 heteroatoms. The van der Waals surface area contributed by atoms with Crippen LogP contribution in [0, 0.1) is 0 Å². The third-order valence-corrected chi connectivity index (χ3v) is 3.13. The zero-order chi connectivity index (χ0) is 10.0. The van der Waals surface area contributed by atoms with Crippen LogP contribution in [0.25, 0.3) is 0 Å². The van der Waals surface area contributed by atoms with E-state index in [0.717, 1.165) is 30.2 Å². The second-order valence-corrected chi connectivity index (χ2v) is 4.73. The molecular formula is C10H13BrN2O. The van der Waals surface area contributed by atoms with Crippen molar-refractivity contribution in [3.63, 3.8) is 0 Å². The van der Waals surface area contributed by atoms with Crippen molar-refractivity contribution < 1.29 is 5.11 Å². The lowest BCUT2D eigenvalue weighted by Gasteiger charge is -2.30. The summed E-state index contributed by atoms with van der Waals surface area (Å²) >= 11 is 3.28. The molecule has 0 radical (unpaired) electrons. The van der Waals surface area contributed by atoms with E-state index in [4.69, 9.17) is 0 Å². The van der Waals surface area contributed by atoms with E-state index >= 15 is 0 Å². The summed E-state index contributed by atoms with van der Waals surface area (Å²) in [6.07, 6.45) is 8.29. The van der Waals surface area contributed by atoms with Gasteiger partial charge < -0.3 is 5.11 Å². The van der Waals surface area contributed by atoms with Crippen LogP contribution in [-0.2, 0) is 5.60 Å². The van der Waals surface area contributed by atoms with Crippen LogP contribution in [0.1, 0.15) is 37.9 Å². The molecule has 1 aliphatic rings. The number of nitrogens with zero attached hydrogens (tertiary/aromatic N) is 2. The summed E-state index contributed by atoms with van der Waals surface area (Å²) in [5, 5.41) is 10.3. The summed E-state index contributed by atoms with van der Waals surface area (Å²) in [5.74, 6) is 0.570. The minimum Gasteiger partial charge on any atom is -0.382 e. The Hall–Kier alpha value is -0.480. The summed E-state index contributed by atoms with van der Waals surface area (Å²) < 4.78 is 0.848. The number of aliphatic hydroxyl groups is 1. The van der Waals surface area contributed by atoms with Crippen LogP contribution in [0.2, 0.25) is 0 Å². The highest BCUT2D eigenvalue weighted by Gasteiger charge is 2.33. The van der Waals surface area contributed by atoms with Crippen LogP contribution >= 0.6 is 15.9 Å². The molecule has 1 aliphatic carbocycles. The molecule has 1 aromatic heterocycles. The van der Waals surface area contributed by atoms with Gasteiger partial charge in [-0.05, 0) is 28.8 Å². The Morgan fingerprint density at radius 1 is 1.14 bits per heavy atom. The summed E-state index contributed by atoms with van der Waals surface area (Å²) in [6, 6.07) is 0. The zero-order valence-corrected chi connectivity index (χ0v) is 9.50. The largest absolute Gasteiger partial charge is 0.382 e. The Balaban J connectivity index is 2.23. The van der Waals surface area contributed by atoms with Crippen LogP contribution in [0.3, 0.4) is 0 Å². The maximum atomic E-state index is 10.3. The number of rotatable bonds is 1. The van der Waals surface area contributed by atoms with E-state index in [-0.39, 0.29) is 0 Å². The van der Waals surface area contributed by atoms with Gasteiger partial charge in [0.05, 0.1) is 4.47 Å². The van der Waals surface area contributed by atoms with E-state index < -0.39 is 5.60 Å². The van der Waals surface area contributed by atoms with Crippen molar-refractivity contribution in [3.8, 4) is 0 Å². The number of hydrogen-bond donors (Lipinski definition) is 1. The minimum atomic E-state index is -0.779. The van der Waals surface area contributed by atoms with Gasteiger partial charge in [-0.2, -0.15) is 0 Å². The monoisotopic (exact) mass is 256 g/mol. The van der Waals surface area contributed by atoms with E-state index in [1.54, 1.807) is 12.4 Å². The second kappa shape index (κ2) is 3.95. The molecule has 1 fully saturated rings. The van der Waals surface area contributed by atoms with Gasteiger partial charge in [0.1, 0.15) is 5.60 Å². The third-order valence-electron chi connectivity index (χ3n) is 2.72. The summed E-state index contributed by atoms with van der Waals surface area (Å²) in [7, 11) is 0. The molecule has 0 aromatic carbocycles. The van der Waals surface area contributed by atoms with Gasteiger partial charge in [-0.3, -0.25) is 0 Å². The molecule has 0 spiro atoms. The lowest BCUT2D eigenvalue weighted by Crippen LogP contribution is -2.30. The summed E-state index contributed by atoms with van der Waals surface area (Å²) in [6.45, 7) is 0. The number of halogens is 1. The molecule has 2 rings (SSSR count). The Morgan fingerprint density at radius 2 is 1.71 bits per heavy atom. The fraction of sp³-hybridized carbons (Fsp3) is 0.600. The lowest BCUT2D eigenvalue weighted by molar-refractivity contribution is -0.00899. The van der Waals surface area contributed by atoms with E-state index in [9.17, 15) is 5.11 Å². The van der Waals surface area contributed by atoms with Crippen LogP contribution in [-0.4, -0.2) is 15.1 Å². The van der Waals surface area contributed by atoms with Gasteiger partial charge in [0.25, 0.3) is 0 Å². The van der Waals surface area contributed by atoms with Crippen molar-refractivity contribution in [1.29, 1.82) is 0 Å². The molecule has 0 amide bonds. The van der Waals surface area contributed by atoms with Gasteiger partial charge in [0, 0.05) is 12.4 Å². The molecule has 0 bridgehead atoms. The molecule has 1 N–H and O–H groups in total. The minimum absolute atomic E-state index is 0.570. The van der Waals surface area contributed by atoms with Gasteiger partial charge in [-0.1, -0.05) is 19.3 Å². The van der Waals surface area contributed by atoms with Crippen molar-refractivity contribution in [1.82, 2.24) is 9.97 Å². The molecule has 3 nitrogen and oxygen atoms in total. The Kier molecular flexibility index (Phi) is 2.83. The average molecular weight is 257 g/mol. The van der Waals surface area contributed by atoms with E-state index in [2.05, 4.69) is 25.9 Å². The first-order chi connectivity index (χ1) is 6.71. The Labute approximate surface area is 91.7 Å². The van der Waals surface area contributed by atoms with E-state index in [1.807, 2.05) is 0 Å². The third kappa shape index (κ3) is 1.96. The van der Waals surface area contributed by atoms with Crippen LogP contribution in [0.5, 0.6) is 0 Å². The SMILES string of the molecule is OC1(c2ncc(Br)cn2)CCCCC1. The molecule has 1 aromatic rings. The predicted molar refractivity (Wildman–Crippen MR) is 56.7 cm³/mol. The topological polar surface area (TPSA) is 46.0 Å². The highest BCUT2D eigenvalue weighted by atomic mass is 79.9. The standard InChI is InChI=1S/C10H13BrN2O/c11-8-6-12-9(13-7-8)10(14)4-2-1-3-5-10/h6-7,14H,1-5H2. The van der Waals surface area contributed by atoms with Gasteiger partial charge in [-0.15, -0.1) is 0 Å². The van der Waals surface area contributed by atoms with Crippen molar-refractivity contribution in [3.05, 3.63) is 22.7 Å². The lowest BCUT2D eigenvalue weighted by atomic mass is 9.84. The summed E-state index contributed by atoms with van der Waals surface area (Å²) in [4.78, 5) is 8.33. The molecular weight excluding hydrogens is 244 g/mol. The van der Waals surface area contributed by atoms with Gasteiger partial charge in [-0.25, -0.2) is 9.97 Å². The highest BCUT2D eigenvalue weighted by molar-refractivity contribution is 9.10. The molecule has 76 valence electrons. The molecule has 1 saturated carbocycles. The predicted octanol–water partition coefficient (Wildman–Crippen LogP) is 2.39. The molecule has 0 atom stereocenters. The highest BCUT2D eigenvalue weighted by Crippen LogP contribution is 2.34. The fourth-order valence-electron chi connectivity index (χ4n) is 1.91. The summed E-state index contributed by atoms with van der Waals surface area (Å²) in [5.41, 5.74) is -0.779. The molecule has 14 heavy (non-hydrogen) atoms. The molecule has 0 unspecified atom stereocenters. The van der Waals surface area contributed by atoms with E-state index in [1.165, 1.54) is 6.42 Å². The van der Waals surface area contributed by atoms with Crippen molar-refractivity contribution >= 4 is 15.9 Å². The number of aromatic nitrogens is 2. The van der Waals surface area contributed by atoms with Gasteiger partial charge >= 0.3 is 0 Å². The van der Waals surface area contributed by atoms with Crippen molar-refractivity contribution in [2.24, 2.45) is 0 Å². The van der Waals surface area contributed by atoms with Gasteiger partial charge in [0.15, 0.2) is 5.82 Å². The first-order valence-corrected chi connectivity index (χ1v) is 5.70. The molecule has 0 saturated heterocycles. The first-order valence-electron chi connectivity index (χ1n) is 4.91. The smallest absolute Gasteiger partial charge is 0.160 e. The Morgan fingerprint density at radius 3 is 2.29 bits per heavy atom. The van der Waals surface area contributed by atoms with Crippen LogP contribution in [0.4, 0.5) is 0 Å². The number of hydrogen-bond acceptors (Lipinski definition) is 3. The Bertz CT molecular complexity index is 306.